The van der Waals surface area contributed by atoms with E-state index in [0.717, 1.165) is 11.1 Å². The van der Waals surface area contributed by atoms with E-state index in [1.807, 2.05) is 24.3 Å². The summed E-state index contributed by atoms with van der Waals surface area (Å²) in [5.74, 6) is -0.446. The third-order valence-electron chi connectivity index (χ3n) is 4.51. The smallest absolute Gasteiger partial charge is 0.339 e. The summed E-state index contributed by atoms with van der Waals surface area (Å²) in [6.07, 6.45) is 0. The number of halogens is 1. The second kappa shape index (κ2) is 10.2. The number of benzene rings is 3. The molecular weight excluding hydrogens is 416 g/mol. The molecule has 0 saturated carbocycles. The van der Waals surface area contributed by atoms with Crippen molar-refractivity contribution in [1.82, 2.24) is 5.32 Å². The van der Waals surface area contributed by atoms with Crippen LogP contribution in [0.2, 0.25) is 5.02 Å². The van der Waals surface area contributed by atoms with Gasteiger partial charge in [-0.2, -0.15) is 0 Å². The van der Waals surface area contributed by atoms with Gasteiger partial charge in [0, 0.05) is 5.69 Å². The molecule has 4 nitrogen and oxygen atoms in total. The van der Waals surface area contributed by atoms with Gasteiger partial charge in [-0.25, -0.2) is 4.79 Å². The van der Waals surface area contributed by atoms with E-state index < -0.39 is 5.97 Å². The Kier molecular flexibility index (Phi) is 7.44. The maximum Gasteiger partial charge on any atom is 0.339 e. The monoisotopic (exact) mass is 438 g/mol. The zero-order valence-electron chi connectivity index (χ0n) is 16.8. The first-order valence-electron chi connectivity index (χ1n) is 9.63. The van der Waals surface area contributed by atoms with Gasteiger partial charge in [-0.3, -0.25) is 0 Å². The minimum atomic E-state index is -0.446. The lowest BCUT2D eigenvalue weighted by Crippen LogP contribution is -2.33. The highest BCUT2D eigenvalue weighted by molar-refractivity contribution is 7.80. The number of hydrogen-bond donors (Lipinski definition) is 2. The van der Waals surface area contributed by atoms with Crippen LogP contribution in [0, 0.1) is 6.92 Å². The van der Waals surface area contributed by atoms with E-state index >= 15 is 0 Å². The molecule has 3 aromatic rings. The van der Waals surface area contributed by atoms with E-state index in [1.165, 1.54) is 5.56 Å². The molecule has 3 aromatic carbocycles. The van der Waals surface area contributed by atoms with Gasteiger partial charge in [-0.15, -0.1) is 0 Å². The van der Waals surface area contributed by atoms with Crippen molar-refractivity contribution in [2.75, 3.05) is 11.9 Å². The molecule has 0 amide bonds. The van der Waals surface area contributed by atoms with Gasteiger partial charge in [0.25, 0.3) is 0 Å². The molecule has 0 aromatic heterocycles. The molecule has 3 rings (SSSR count). The van der Waals surface area contributed by atoms with Crippen LogP contribution < -0.4 is 10.6 Å². The molecule has 2 N–H and O–H groups in total. The highest BCUT2D eigenvalue weighted by Crippen LogP contribution is 2.24. The van der Waals surface area contributed by atoms with Crippen molar-refractivity contribution in [3.63, 3.8) is 0 Å². The molecule has 0 bridgehead atoms. The zero-order valence-corrected chi connectivity index (χ0v) is 18.4. The predicted molar refractivity (Wildman–Crippen MR) is 126 cm³/mol. The highest BCUT2D eigenvalue weighted by Gasteiger charge is 2.16. The number of nitrogens with one attached hydrogen (secondary N) is 2. The average molecular weight is 439 g/mol. The van der Waals surface area contributed by atoms with Gasteiger partial charge in [-0.1, -0.05) is 71.8 Å². The van der Waals surface area contributed by atoms with Crippen molar-refractivity contribution < 1.29 is 9.53 Å². The number of ether oxygens (including phenoxy) is 1. The molecule has 0 unspecified atom stereocenters. The van der Waals surface area contributed by atoms with Crippen molar-refractivity contribution in [3.8, 4) is 0 Å². The standard InChI is InChI=1S/C24H23ClN2O2S/c1-3-29-23(28)20-13-12-19(15-21(20)25)26-24(30)27-22(17-9-5-4-6-10-17)18-11-7-8-16(2)14-18/h4-15,22H,3H2,1-2H3,(H2,26,27,30)/t22-/m1/s1. The van der Waals surface area contributed by atoms with Gasteiger partial charge < -0.3 is 15.4 Å². The molecule has 0 aliphatic heterocycles. The van der Waals surface area contributed by atoms with Crippen molar-refractivity contribution in [2.45, 2.75) is 19.9 Å². The fraction of sp³-hybridized carbons (Fsp3) is 0.167. The van der Waals surface area contributed by atoms with Crippen LogP contribution in [-0.2, 0) is 4.74 Å². The Morgan fingerprint density at radius 3 is 2.43 bits per heavy atom. The highest BCUT2D eigenvalue weighted by atomic mass is 35.5. The maximum atomic E-state index is 11.9. The van der Waals surface area contributed by atoms with Gasteiger partial charge in [0.05, 0.1) is 23.2 Å². The summed E-state index contributed by atoms with van der Waals surface area (Å²) in [7, 11) is 0. The first-order chi connectivity index (χ1) is 14.5. The molecule has 0 aliphatic carbocycles. The van der Waals surface area contributed by atoms with Crippen LogP contribution in [0.4, 0.5) is 5.69 Å². The number of carbonyl (C=O) groups excluding carboxylic acids is 1. The van der Waals surface area contributed by atoms with E-state index in [2.05, 4.69) is 47.9 Å². The lowest BCUT2D eigenvalue weighted by Gasteiger charge is -2.22. The van der Waals surface area contributed by atoms with E-state index in [9.17, 15) is 4.79 Å². The van der Waals surface area contributed by atoms with Crippen molar-refractivity contribution in [3.05, 3.63) is 100 Å². The summed E-state index contributed by atoms with van der Waals surface area (Å²) >= 11 is 11.8. The molecule has 6 heteroatoms. The molecule has 154 valence electrons. The van der Waals surface area contributed by atoms with E-state index in [-0.39, 0.29) is 6.04 Å². The fourth-order valence-corrected chi connectivity index (χ4v) is 3.61. The second-order valence-electron chi connectivity index (χ2n) is 6.77. The number of anilines is 1. The molecule has 1 atom stereocenters. The van der Waals surface area contributed by atoms with Gasteiger partial charge in [0.15, 0.2) is 5.11 Å². The molecule has 0 radical (unpaired) electrons. The van der Waals surface area contributed by atoms with Crippen molar-refractivity contribution in [2.24, 2.45) is 0 Å². The quantitative estimate of drug-likeness (QED) is 0.370. The van der Waals surface area contributed by atoms with Gasteiger partial charge in [0.1, 0.15) is 0 Å². The van der Waals surface area contributed by atoms with Gasteiger partial charge in [-0.05, 0) is 55.4 Å². The minimum absolute atomic E-state index is 0.111. The van der Waals surface area contributed by atoms with Crippen molar-refractivity contribution >= 4 is 40.6 Å². The number of hydrogen-bond acceptors (Lipinski definition) is 3. The van der Waals surface area contributed by atoms with Crippen LogP contribution >= 0.6 is 23.8 Å². The summed E-state index contributed by atoms with van der Waals surface area (Å²) < 4.78 is 5.01. The Labute approximate surface area is 187 Å². The molecular formula is C24H23ClN2O2S. The summed E-state index contributed by atoms with van der Waals surface area (Å²) in [6.45, 7) is 4.11. The zero-order chi connectivity index (χ0) is 21.5. The van der Waals surface area contributed by atoms with Crippen molar-refractivity contribution in [1.29, 1.82) is 0 Å². The van der Waals surface area contributed by atoms with Crippen LogP contribution in [-0.4, -0.2) is 17.7 Å². The third kappa shape index (κ3) is 5.59. The molecule has 0 aliphatic rings. The van der Waals surface area contributed by atoms with Crippen LogP contribution in [0.15, 0.2) is 72.8 Å². The normalized spacial score (nSPS) is 11.4. The van der Waals surface area contributed by atoms with Gasteiger partial charge >= 0.3 is 5.97 Å². The number of esters is 1. The largest absolute Gasteiger partial charge is 0.462 e. The first-order valence-corrected chi connectivity index (χ1v) is 10.4. The molecule has 0 heterocycles. The molecule has 0 spiro atoms. The summed E-state index contributed by atoms with van der Waals surface area (Å²) in [6, 6.07) is 23.4. The predicted octanol–water partition coefficient (Wildman–Crippen LogP) is 5.90. The Bertz CT molecular complexity index is 1040. The lowest BCUT2D eigenvalue weighted by atomic mass is 9.97. The number of aryl methyl sites for hydroxylation is 1. The fourth-order valence-electron chi connectivity index (χ4n) is 3.12. The number of thiocarbonyl (C=S) groups is 1. The Morgan fingerprint density at radius 2 is 1.77 bits per heavy atom. The van der Waals surface area contributed by atoms with E-state index in [0.29, 0.717) is 28.0 Å². The Morgan fingerprint density at radius 1 is 1.03 bits per heavy atom. The SMILES string of the molecule is CCOC(=O)c1ccc(NC(=S)N[C@H](c2ccccc2)c2cccc(C)c2)cc1Cl. The van der Waals surface area contributed by atoms with E-state index in [4.69, 9.17) is 28.6 Å². The molecule has 0 fully saturated rings. The third-order valence-corrected chi connectivity index (χ3v) is 5.04. The number of carbonyl (C=O) groups is 1. The van der Waals surface area contributed by atoms with Crippen LogP contribution in [0.3, 0.4) is 0 Å². The Hall–Kier alpha value is -2.89. The van der Waals surface area contributed by atoms with Crippen LogP contribution in [0.5, 0.6) is 0 Å². The van der Waals surface area contributed by atoms with Gasteiger partial charge in [0.2, 0.25) is 0 Å². The van der Waals surface area contributed by atoms with E-state index in [1.54, 1.807) is 25.1 Å². The van der Waals surface area contributed by atoms with Crippen LogP contribution in [0.1, 0.15) is 40.0 Å². The Balaban J connectivity index is 1.78. The summed E-state index contributed by atoms with van der Waals surface area (Å²) in [5.41, 5.74) is 4.39. The number of rotatable bonds is 6. The van der Waals surface area contributed by atoms with Crippen LogP contribution in [0.25, 0.3) is 0 Å². The topological polar surface area (TPSA) is 50.4 Å². The molecule has 0 saturated heterocycles. The first kappa shape index (κ1) is 21.8. The maximum absolute atomic E-state index is 11.9. The lowest BCUT2D eigenvalue weighted by molar-refractivity contribution is 0.0526. The minimum Gasteiger partial charge on any atom is -0.462 e. The summed E-state index contributed by atoms with van der Waals surface area (Å²) in [5, 5.41) is 7.29. The second-order valence-corrected chi connectivity index (χ2v) is 7.59. The molecule has 30 heavy (non-hydrogen) atoms. The average Bonchev–Trinajstić information content (AvgIpc) is 2.73. The summed E-state index contributed by atoms with van der Waals surface area (Å²) in [4.78, 5) is 11.9.